The van der Waals surface area contributed by atoms with Crippen LogP contribution in [-0.2, 0) is 5.88 Å². The summed E-state index contributed by atoms with van der Waals surface area (Å²) in [7, 11) is 2.09. The van der Waals surface area contributed by atoms with E-state index in [1.54, 1.807) is 0 Å². The predicted molar refractivity (Wildman–Crippen MR) is 74.7 cm³/mol. The van der Waals surface area contributed by atoms with Crippen LogP contribution in [0, 0.1) is 0 Å². The van der Waals surface area contributed by atoms with E-state index in [9.17, 15) is 0 Å². The molecule has 1 heterocycles. The molecule has 0 spiro atoms. The number of alkyl halides is 1. The highest BCUT2D eigenvalue weighted by Crippen LogP contribution is 2.16. The van der Waals surface area contributed by atoms with Crippen LogP contribution in [0.3, 0.4) is 0 Å². The summed E-state index contributed by atoms with van der Waals surface area (Å²) >= 11 is 7.66. The predicted octanol–water partition coefficient (Wildman–Crippen LogP) is 3.40. The highest BCUT2D eigenvalue weighted by molar-refractivity contribution is 7.98. The molecular formula is C12H19ClN2S. The molecule has 2 nitrogen and oxygen atoms in total. The normalized spacial score (nSPS) is 12.5. The second-order valence-corrected chi connectivity index (χ2v) is 5.12. The van der Waals surface area contributed by atoms with Gasteiger partial charge in [0.1, 0.15) is 5.82 Å². The average molecular weight is 259 g/mol. The Morgan fingerprint density at radius 3 is 2.88 bits per heavy atom. The van der Waals surface area contributed by atoms with E-state index < -0.39 is 0 Å². The van der Waals surface area contributed by atoms with E-state index in [4.69, 9.17) is 11.6 Å². The summed E-state index contributed by atoms with van der Waals surface area (Å²) in [4.78, 5) is 6.72. The lowest BCUT2D eigenvalue weighted by Gasteiger charge is -2.26. The zero-order chi connectivity index (χ0) is 12.0. The maximum Gasteiger partial charge on any atom is 0.128 e. The Labute approximate surface area is 107 Å². The SMILES string of the molecule is CSCCC(C)N(C)c1cccc(CCl)n1. The number of hydrogen-bond donors (Lipinski definition) is 0. The van der Waals surface area contributed by atoms with E-state index in [1.807, 2.05) is 30.0 Å². The van der Waals surface area contributed by atoms with Gasteiger partial charge in [-0.05, 0) is 37.5 Å². The summed E-state index contributed by atoms with van der Waals surface area (Å²) in [6, 6.07) is 6.51. The van der Waals surface area contributed by atoms with Crippen molar-refractivity contribution in [1.82, 2.24) is 4.98 Å². The zero-order valence-corrected chi connectivity index (χ0v) is 11.7. The number of pyridine rings is 1. The van der Waals surface area contributed by atoms with E-state index in [-0.39, 0.29) is 0 Å². The lowest BCUT2D eigenvalue weighted by molar-refractivity contribution is 0.661. The molecule has 1 atom stereocenters. The monoisotopic (exact) mass is 258 g/mol. The van der Waals surface area contributed by atoms with Gasteiger partial charge >= 0.3 is 0 Å². The summed E-state index contributed by atoms with van der Waals surface area (Å²) < 4.78 is 0. The van der Waals surface area contributed by atoms with Gasteiger partial charge in [-0.2, -0.15) is 11.8 Å². The fourth-order valence-electron chi connectivity index (χ4n) is 1.45. The molecule has 0 saturated carbocycles. The van der Waals surface area contributed by atoms with Crippen LogP contribution in [0.4, 0.5) is 5.82 Å². The molecule has 0 aromatic carbocycles. The zero-order valence-electron chi connectivity index (χ0n) is 10.1. The molecule has 0 N–H and O–H groups in total. The molecule has 0 amide bonds. The van der Waals surface area contributed by atoms with Crippen LogP contribution in [-0.4, -0.2) is 30.1 Å². The van der Waals surface area contributed by atoms with Gasteiger partial charge in [-0.3, -0.25) is 0 Å². The van der Waals surface area contributed by atoms with Gasteiger partial charge in [0, 0.05) is 13.1 Å². The first-order chi connectivity index (χ1) is 7.69. The number of hydrogen-bond acceptors (Lipinski definition) is 3. The molecule has 4 heteroatoms. The van der Waals surface area contributed by atoms with Crippen molar-refractivity contribution >= 4 is 29.2 Å². The minimum atomic E-state index is 0.473. The molecule has 0 aliphatic rings. The molecule has 0 aliphatic heterocycles. The molecular weight excluding hydrogens is 240 g/mol. The molecule has 0 aliphatic carbocycles. The number of anilines is 1. The van der Waals surface area contributed by atoms with Crippen molar-refractivity contribution in [2.45, 2.75) is 25.3 Å². The van der Waals surface area contributed by atoms with Crippen LogP contribution in [0.1, 0.15) is 19.0 Å². The Balaban J connectivity index is 2.67. The van der Waals surface area contributed by atoms with Crippen molar-refractivity contribution in [2.75, 3.05) is 24.0 Å². The van der Waals surface area contributed by atoms with Gasteiger partial charge in [0.2, 0.25) is 0 Å². The Morgan fingerprint density at radius 2 is 2.25 bits per heavy atom. The van der Waals surface area contributed by atoms with Gasteiger partial charge in [-0.25, -0.2) is 4.98 Å². The first-order valence-corrected chi connectivity index (χ1v) is 7.35. The van der Waals surface area contributed by atoms with Crippen molar-refractivity contribution in [3.8, 4) is 0 Å². The molecule has 1 aromatic heterocycles. The highest BCUT2D eigenvalue weighted by Gasteiger charge is 2.10. The van der Waals surface area contributed by atoms with Crippen molar-refractivity contribution in [3.05, 3.63) is 23.9 Å². The van der Waals surface area contributed by atoms with Gasteiger partial charge in [-0.15, -0.1) is 11.6 Å². The standard InChI is InChI=1S/C12H19ClN2S/c1-10(7-8-16-3)15(2)12-6-4-5-11(9-13)14-12/h4-6,10H,7-9H2,1-3H3. The van der Waals surface area contributed by atoms with Crippen molar-refractivity contribution in [2.24, 2.45) is 0 Å². The topological polar surface area (TPSA) is 16.1 Å². The Bertz CT molecular complexity index is 320. The molecule has 0 fully saturated rings. The van der Waals surface area contributed by atoms with Crippen molar-refractivity contribution in [3.63, 3.8) is 0 Å². The maximum atomic E-state index is 5.78. The maximum absolute atomic E-state index is 5.78. The third-order valence-corrected chi connectivity index (χ3v) is 3.61. The largest absolute Gasteiger partial charge is 0.357 e. The van der Waals surface area contributed by atoms with E-state index in [1.165, 1.54) is 12.2 Å². The summed E-state index contributed by atoms with van der Waals surface area (Å²) in [6.45, 7) is 2.23. The second-order valence-electron chi connectivity index (χ2n) is 3.86. The van der Waals surface area contributed by atoms with Crippen LogP contribution in [0.5, 0.6) is 0 Å². The lowest BCUT2D eigenvalue weighted by Crippen LogP contribution is -2.30. The number of thioether (sulfide) groups is 1. The van der Waals surface area contributed by atoms with Gasteiger partial charge in [0.15, 0.2) is 0 Å². The van der Waals surface area contributed by atoms with E-state index in [0.717, 1.165) is 11.5 Å². The third-order valence-electron chi connectivity index (χ3n) is 2.69. The average Bonchev–Trinajstić information content (AvgIpc) is 2.35. The van der Waals surface area contributed by atoms with E-state index in [2.05, 4.69) is 30.1 Å². The quantitative estimate of drug-likeness (QED) is 0.728. The Hall–Kier alpha value is -0.410. The summed E-state index contributed by atoms with van der Waals surface area (Å²) in [5.41, 5.74) is 0.933. The first kappa shape index (κ1) is 13.7. The molecule has 1 unspecified atom stereocenters. The lowest BCUT2D eigenvalue weighted by atomic mass is 10.2. The van der Waals surface area contributed by atoms with Crippen LogP contribution < -0.4 is 4.90 Å². The van der Waals surface area contributed by atoms with Crippen molar-refractivity contribution < 1.29 is 0 Å². The first-order valence-electron chi connectivity index (χ1n) is 5.42. The molecule has 1 rings (SSSR count). The highest BCUT2D eigenvalue weighted by atomic mass is 35.5. The fraction of sp³-hybridized carbons (Fsp3) is 0.583. The molecule has 0 bridgehead atoms. The summed E-state index contributed by atoms with van der Waals surface area (Å²) in [5, 5.41) is 0. The third kappa shape index (κ3) is 3.87. The van der Waals surface area contributed by atoms with Gasteiger partial charge in [-0.1, -0.05) is 6.07 Å². The van der Waals surface area contributed by atoms with Gasteiger partial charge in [0.05, 0.1) is 11.6 Å². The Morgan fingerprint density at radius 1 is 1.50 bits per heavy atom. The molecule has 16 heavy (non-hydrogen) atoms. The van der Waals surface area contributed by atoms with Gasteiger partial charge < -0.3 is 4.90 Å². The molecule has 0 radical (unpaired) electrons. The smallest absolute Gasteiger partial charge is 0.128 e. The van der Waals surface area contributed by atoms with Crippen LogP contribution in [0.15, 0.2) is 18.2 Å². The number of nitrogens with zero attached hydrogens (tertiary/aromatic N) is 2. The minimum Gasteiger partial charge on any atom is -0.357 e. The fourth-order valence-corrected chi connectivity index (χ4v) is 2.17. The van der Waals surface area contributed by atoms with Gasteiger partial charge in [0.25, 0.3) is 0 Å². The number of aromatic nitrogens is 1. The number of rotatable bonds is 6. The van der Waals surface area contributed by atoms with E-state index in [0.29, 0.717) is 11.9 Å². The molecule has 90 valence electrons. The summed E-state index contributed by atoms with van der Waals surface area (Å²) in [6.07, 6.45) is 3.31. The van der Waals surface area contributed by atoms with Crippen LogP contribution in [0.25, 0.3) is 0 Å². The Kier molecular flexibility index (Phi) is 5.99. The van der Waals surface area contributed by atoms with Crippen LogP contribution in [0.2, 0.25) is 0 Å². The van der Waals surface area contributed by atoms with E-state index >= 15 is 0 Å². The minimum absolute atomic E-state index is 0.473. The number of halogens is 1. The second kappa shape index (κ2) is 7.02. The molecule has 1 aromatic rings. The molecule has 0 saturated heterocycles. The van der Waals surface area contributed by atoms with Crippen molar-refractivity contribution in [1.29, 1.82) is 0 Å². The van der Waals surface area contributed by atoms with Crippen LogP contribution >= 0.6 is 23.4 Å². The summed E-state index contributed by atoms with van der Waals surface area (Å²) in [5.74, 6) is 2.66.